The van der Waals surface area contributed by atoms with Gasteiger partial charge in [-0.1, -0.05) is 30.3 Å². The van der Waals surface area contributed by atoms with Gasteiger partial charge in [-0.2, -0.15) is 0 Å². The minimum Gasteiger partial charge on any atom is -0.497 e. The van der Waals surface area contributed by atoms with Crippen LogP contribution in [0.25, 0.3) is 27.1 Å². The van der Waals surface area contributed by atoms with Crippen molar-refractivity contribution >= 4 is 38.8 Å². The molecule has 1 N–H and O–H groups in total. The zero-order chi connectivity index (χ0) is 20.7. The number of hydrogen-bond acceptors (Lipinski definition) is 5. The third-order valence-corrected chi connectivity index (χ3v) is 5.74. The molecular weight excluding hydrogens is 396 g/mol. The first kappa shape index (κ1) is 18.3. The molecule has 0 saturated carbocycles. The molecule has 0 fully saturated rings. The molecule has 5 rings (SSSR count). The third kappa shape index (κ3) is 3.19. The number of pyridine rings is 1. The maximum Gasteiger partial charge on any atom is 0.273 e. The number of methoxy groups -OCH3 is 1. The first-order valence-corrected chi connectivity index (χ1v) is 10.3. The van der Waals surface area contributed by atoms with Gasteiger partial charge >= 0.3 is 0 Å². The van der Waals surface area contributed by atoms with Crippen molar-refractivity contribution < 1.29 is 9.53 Å². The van der Waals surface area contributed by atoms with Crippen molar-refractivity contribution in [2.45, 2.75) is 6.92 Å². The number of rotatable bonds is 4. The molecule has 0 aliphatic heterocycles. The maximum atomic E-state index is 13.1. The molecule has 0 radical (unpaired) electrons. The van der Waals surface area contributed by atoms with E-state index in [9.17, 15) is 4.79 Å². The van der Waals surface area contributed by atoms with E-state index in [1.165, 1.54) is 11.3 Å². The van der Waals surface area contributed by atoms with Crippen LogP contribution in [0.5, 0.6) is 5.75 Å². The van der Waals surface area contributed by atoms with Gasteiger partial charge in [0, 0.05) is 28.2 Å². The molecule has 0 spiro atoms. The number of amides is 1. The van der Waals surface area contributed by atoms with E-state index in [0.29, 0.717) is 5.69 Å². The summed E-state index contributed by atoms with van der Waals surface area (Å²) in [4.78, 5) is 23.1. The number of hydrogen-bond donors (Lipinski definition) is 1. The Kier molecular flexibility index (Phi) is 4.44. The van der Waals surface area contributed by atoms with Crippen LogP contribution in [-0.4, -0.2) is 27.4 Å². The molecule has 0 saturated heterocycles. The van der Waals surface area contributed by atoms with Crippen molar-refractivity contribution in [3.63, 3.8) is 0 Å². The zero-order valence-corrected chi connectivity index (χ0v) is 17.2. The minimum absolute atomic E-state index is 0.188. The number of fused-ring (bicyclic) bond motifs is 2. The fourth-order valence-electron chi connectivity index (χ4n) is 3.47. The first-order chi connectivity index (χ1) is 14.6. The molecule has 1 amide bonds. The molecule has 7 heteroatoms. The highest BCUT2D eigenvalue weighted by molar-refractivity contribution is 7.15. The van der Waals surface area contributed by atoms with Crippen molar-refractivity contribution in [2.24, 2.45) is 0 Å². The van der Waals surface area contributed by atoms with Gasteiger partial charge in [-0.25, -0.2) is 4.98 Å². The van der Waals surface area contributed by atoms with Crippen LogP contribution < -0.4 is 10.1 Å². The van der Waals surface area contributed by atoms with E-state index >= 15 is 0 Å². The van der Waals surface area contributed by atoms with Gasteiger partial charge in [0.2, 0.25) is 0 Å². The second-order valence-corrected chi connectivity index (χ2v) is 7.75. The Morgan fingerprint density at radius 1 is 1.10 bits per heavy atom. The summed E-state index contributed by atoms with van der Waals surface area (Å²) < 4.78 is 7.13. The number of aryl methyl sites for hydroxylation is 1. The minimum atomic E-state index is -0.188. The fraction of sp³-hybridized carbons (Fsp3) is 0.0870. The van der Waals surface area contributed by atoms with E-state index < -0.39 is 0 Å². The van der Waals surface area contributed by atoms with E-state index in [1.54, 1.807) is 7.11 Å². The van der Waals surface area contributed by atoms with Crippen molar-refractivity contribution in [1.82, 2.24) is 14.4 Å². The molecule has 0 bridgehead atoms. The van der Waals surface area contributed by atoms with E-state index in [2.05, 4.69) is 15.3 Å². The average Bonchev–Trinajstić information content (AvgIpc) is 3.34. The Hall–Kier alpha value is -3.71. The molecule has 0 atom stereocenters. The molecule has 0 aliphatic rings. The zero-order valence-electron chi connectivity index (χ0n) is 16.4. The number of nitrogens with one attached hydrogen (secondary N) is 1. The molecule has 0 aliphatic carbocycles. The van der Waals surface area contributed by atoms with Crippen LogP contribution in [-0.2, 0) is 0 Å². The smallest absolute Gasteiger partial charge is 0.273 e. The number of ether oxygens (including phenoxy) is 1. The van der Waals surface area contributed by atoms with Crippen LogP contribution in [0, 0.1) is 6.92 Å². The van der Waals surface area contributed by atoms with Crippen LogP contribution >= 0.6 is 11.3 Å². The topological polar surface area (TPSA) is 68.5 Å². The summed E-state index contributed by atoms with van der Waals surface area (Å²) in [7, 11) is 1.64. The molecule has 3 heterocycles. The summed E-state index contributed by atoms with van der Waals surface area (Å²) in [6.07, 6.45) is 1.88. The summed E-state index contributed by atoms with van der Waals surface area (Å²) in [5.41, 5.74) is 4.71. The number of thiazole rings is 1. The van der Waals surface area contributed by atoms with Crippen molar-refractivity contribution in [2.75, 3.05) is 12.4 Å². The van der Waals surface area contributed by atoms with Crippen LogP contribution in [0.2, 0.25) is 0 Å². The van der Waals surface area contributed by atoms with Gasteiger partial charge in [0.25, 0.3) is 5.91 Å². The highest BCUT2D eigenvalue weighted by atomic mass is 32.1. The van der Waals surface area contributed by atoms with Crippen LogP contribution in [0.15, 0.2) is 66.2 Å². The summed E-state index contributed by atoms with van der Waals surface area (Å²) in [5, 5.41) is 5.78. The second kappa shape index (κ2) is 7.27. The Morgan fingerprint density at radius 3 is 2.83 bits per heavy atom. The SMILES string of the molecule is COc1cccc(-c2cn3c(C(=O)Nc4cc(C)nc5ccccc45)csc3n2)c1. The Labute approximate surface area is 176 Å². The van der Waals surface area contributed by atoms with E-state index in [1.807, 2.05) is 77.5 Å². The fourth-order valence-corrected chi connectivity index (χ4v) is 4.32. The lowest BCUT2D eigenvalue weighted by Gasteiger charge is -2.09. The first-order valence-electron chi connectivity index (χ1n) is 9.41. The van der Waals surface area contributed by atoms with Crippen LogP contribution in [0.4, 0.5) is 5.69 Å². The maximum absolute atomic E-state index is 13.1. The highest BCUT2D eigenvalue weighted by Crippen LogP contribution is 2.28. The molecule has 30 heavy (non-hydrogen) atoms. The van der Waals surface area contributed by atoms with Gasteiger partial charge in [-0.3, -0.25) is 14.2 Å². The lowest BCUT2D eigenvalue weighted by Crippen LogP contribution is -2.14. The molecule has 3 aromatic heterocycles. The highest BCUT2D eigenvalue weighted by Gasteiger charge is 2.17. The normalized spacial score (nSPS) is 11.1. The lowest BCUT2D eigenvalue weighted by atomic mass is 10.1. The van der Waals surface area contributed by atoms with Crippen LogP contribution in [0.3, 0.4) is 0 Å². The van der Waals surface area contributed by atoms with E-state index in [4.69, 9.17) is 4.74 Å². The molecule has 0 unspecified atom stereocenters. The largest absolute Gasteiger partial charge is 0.497 e. The average molecular weight is 414 g/mol. The van der Waals surface area contributed by atoms with Gasteiger partial charge in [-0.15, -0.1) is 11.3 Å². The number of nitrogens with zero attached hydrogens (tertiary/aromatic N) is 3. The summed E-state index contributed by atoms with van der Waals surface area (Å²) in [5.74, 6) is 0.577. The van der Waals surface area contributed by atoms with Crippen molar-refractivity contribution in [3.05, 3.63) is 77.6 Å². The van der Waals surface area contributed by atoms with Crippen molar-refractivity contribution in [3.8, 4) is 17.0 Å². The standard InChI is InChI=1S/C23H18N4O2S/c1-14-10-19(17-8-3-4-9-18(17)24-14)25-22(28)21-13-30-23-26-20(12-27(21)23)15-6-5-7-16(11-15)29-2/h3-13H,1-2H3,(H,24,25,28). The van der Waals surface area contributed by atoms with E-state index in [-0.39, 0.29) is 5.91 Å². The van der Waals surface area contributed by atoms with Gasteiger partial charge in [0.05, 0.1) is 24.0 Å². The number of aromatic nitrogens is 3. The number of para-hydroxylation sites is 1. The Bertz CT molecular complexity index is 1400. The summed E-state index contributed by atoms with van der Waals surface area (Å²) in [6, 6.07) is 17.4. The number of carbonyl (C=O) groups excluding carboxylic acids is 1. The van der Waals surface area contributed by atoms with Crippen LogP contribution in [0.1, 0.15) is 16.2 Å². The molecule has 6 nitrogen and oxygen atoms in total. The summed E-state index contributed by atoms with van der Waals surface area (Å²) >= 11 is 1.43. The lowest BCUT2D eigenvalue weighted by molar-refractivity contribution is 0.102. The number of anilines is 1. The Balaban J connectivity index is 1.51. The van der Waals surface area contributed by atoms with Gasteiger partial charge in [-0.05, 0) is 31.2 Å². The number of benzene rings is 2. The predicted molar refractivity (Wildman–Crippen MR) is 119 cm³/mol. The van der Waals surface area contributed by atoms with E-state index in [0.717, 1.165) is 44.3 Å². The quantitative estimate of drug-likeness (QED) is 0.440. The molecule has 2 aromatic carbocycles. The number of carbonyl (C=O) groups is 1. The van der Waals surface area contributed by atoms with Crippen molar-refractivity contribution in [1.29, 1.82) is 0 Å². The summed E-state index contributed by atoms with van der Waals surface area (Å²) in [6.45, 7) is 1.92. The molecule has 148 valence electrons. The monoisotopic (exact) mass is 414 g/mol. The molecule has 5 aromatic rings. The second-order valence-electron chi connectivity index (χ2n) is 6.91. The van der Waals surface area contributed by atoms with Gasteiger partial charge < -0.3 is 10.1 Å². The predicted octanol–water partition coefficient (Wildman–Crippen LogP) is 5.18. The van der Waals surface area contributed by atoms with Gasteiger partial charge in [0.15, 0.2) is 4.96 Å². The number of imidazole rings is 1. The third-order valence-electron chi connectivity index (χ3n) is 4.90. The molecular formula is C23H18N4O2S. The van der Waals surface area contributed by atoms with Gasteiger partial charge in [0.1, 0.15) is 11.4 Å². The Morgan fingerprint density at radius 2 is 1.97 bits per heavy atom.